The second kappa shape index (κ2) is 7.03. The molecule has 1 aliphatic rings. The van der Waals surface area contributed by atoms with E-state index < -0.39 is 6.67 Å². The number of nitrogens with one attached hydrogen (secondary N) is 2. The van der Waals surface area contributed by atoms with E-state index in [4.69, 9.17) is 0 Å². The fourth-order valence-corrected chi connectivity index (χ4v) is 3.24. The predicted octanol–water partition coefficient (Wildman–Crippen LogP) is 3.39. The molecule has 0 radical (unpaired) electrons. The molecule has 1 aromatic heterocycles. The molecule has 4 rings (SSSR count). The van der Waals surface area contributed by atoms with Crippen molar-refractivity contribution in [2.75, 3.05) is 36.4 Å². The topological polar surface area (TPSA) is 64.3 Å². The number of para-hydroxylation sites is 1. The quantitative estimate of drug-likeness (QED) is 0.759. The number of rotatable bonds is 3. The van der Waals surface area contributed by atoms with Crippen LogP contribution in [0.3, 0.4) is 0 Å². The molecule has 2 N–H and O–H groups in total. The molecular weight excluding hydrogens is 333 g/mol. The zero-order chi connectivity index (χ0) is 17.9. The summed E-state index contributed by atoms with van der Waals surface area (Å²) in [5.74, 6) is 0.545. The molecule has 134 valence electrons. The number of benzene rings is 2. The number of nitrogens with zero attached hydrogens (tertiary/aromatic N) is 3. The van der Waals surface area contributed by atoms with Gasteiger partial charge in [-0.2, -0.15) is 5.10 Å². The minimum atomic E-state index is -0.464. The van der Waals surface area contributed by atoms with Gasteiger partial charge in [-0.3, -0.25) is 10.4 Å². The van der Waals surface area contributed by atoms with E-state index in [0.29, 0.717) is 37.6 Å². The molecule has 0 saturated carbocycles. The molecule has 1 aliphatic heterocycles. The van der Waals surface area contributed by atoms with Gasteiger partial charge in [0, 0.05) is 37.3 Å². The van der Waals surface area contributed by atoms with E-state index in [1.54, 1.807) is 11.0 Å². The van der Waals surface area contributed by atoms with Gasteiger partial charge in [-0.05, 0) is 29.8 Å². The average Bonchev–Trinajstić information content (AvgIpc) is 3.11. The minimum absolute atomic E-state index is 0.153. The molecule has 0 aliphatic carbocycles. The molecule has 0 unspecified atom stereocenters. The van der Waals surface area contributed by atoms with Crippen molar-refractivity contribution in [2.45, 2.75) is 6.67 Å². The van der Waals surface area contributed by atoms with E-state index in [1.165, 1.54) is 0 Å². The molecular formula is C19H20FN5O. The Labute approximate surface area is 150 Å². The average molecular weight is 353 g/mol. The van der Waals surface area contributed by atoms with Crippen molar-refractivity contribution in [1.29, 1.82) is 0 Å². The Morgan fingerprint density at radius 3 is 2.73 bits per heavy atom. The minimum Gasteiger partial charge on any atom is -0.368 e. The predicted molar refractivity (Wildman–Crippen MR) is 100 cm³/mol. The Morgan fingerprint density at radius 2 is 1.92 bits per heavy atom. The first kappa shape index (κ1) is 16.4. The number of amides is 2. The standard InChI is InChI=1S/C19H20FN5O/c20-13-14-4-3-5-15(12-14)24-8-10-25(11-9-24)19(26)21-18-16-6-1-2-7-17(16)22-23-18/h1-7,12H,8-11,13H2,(H2,21,22,23,26). The van der Waals surface area contributed by atoms with E-state index >= 15 is 0 Å². The molecule has 1 fully saturated rings. The number of hydrogen-bond acceptors (Lipinski definition) is 3. The lowest BCUT2D eigenvalue weighted by Crippen LogP contribution is -2.50. The van der Waals surface area contributed by atoms with Crippen molar-refractivity contribution >= 4 is 28.4 Å². The van der Waals surface area contributed by atoms with Crippen LogP contribution in [0.25, 0.3) is 10.9 Å². The lowest BCUT2D eigenvalue weighted by atomic mass is 10.2. The first-order chi connectivity index (χ1) is 12.7. The van der Waals surface area contributed by atoms with Crippen LogP contribution in [-0.2, 0) is 6.67 Å². The Bertz CT molecular complexity index is 917. The van der Waals surface area contributed by atoms with Crippen molar-refractivity contribution in [3.05, 3.63) is 54.1 Å². The van der Waals surface area contributed by atoms with Crippen molar-refractivity contribution in [1.82, 2.24) is 15.1 Å². The molecule has 3 aromatic rings. The molecule has 2 aromatic carbocycles. The monoisotopic (exact) mass is 353 g/mol. The van der Waals surface area contributed by atoms with Crippen LogP contribution >= 0.6 is 0 Å². The number of fused-ring (bicyclic) bond motifs is 1. The summed E-state index contributed by atoms with van der Waals surface area (Å²) in [4.78, 5) is 16.5. The molecule has 2 amide bonds. The van der Waals surface area contributed by atoms with Gasteiger partial charge in [-0.25, -0.2) is 9.18 Å². The van der Waals surface area contributed by atoms with Gasteiger partial charge in [0.2, 0.25) is 0 Å². The van der Waals surface area contributed by atoms with Crippen molar-refractivity contribution in [3.63, 3.8) is 0 Å². The molecule has 1 saturated heterocycles. The lowest BCUT2D eigenvalue weighted by Gasteiger charge is -2.36. The Hall–Kier alpha value is -3.09. The molecule has 0 spiro atoms. The zero-order valence-corrected chi connectivity index (χ0v) is 14.3. The summed E-state index contributed by atoms with van der Waals surface area (Å²) in [5.41, 5.74) is 2.56. The Kier molecular flexibility index (Phi) is 4.43. The van der Waals surface area contributed by atoms with Gasteiger partial charge in [-0.1, -0.05) is 24.3 Å². The lowest BCUT2D eigenvalue weighted by molar-refractivity contribution is 0.208. The summed E-state index contributed by atoms with van der Waals surface area (Å²) in [6.07, 6.45) is 0. The molecule has 7 heteroatoms. The molecule has 2 heterocycles. The van der Waals surface area contributed by atoms with Crippen molar-refractivity contribution in [3.8, 4) is 0 Å². The SMILES string of the molecule is O=C(Nc1n[nH]c2ccccc12)N1CCN(c2cccc(CF)c2)CC1. The van der Waals surface area contributed by atoms with Crippen molar-refractivity contribution in [2.24, 2.45) is 0 Å². The molecule has 26 heavy (non-hydrogen) atoms. The number of hydrogen-bond donors (Lipinski definition) is 2. The fraction of sp³-hybridized carbons (Fsp3) is 0.263. The summed E-state index contributed by atoms with van der Waals surface area (Å²) in [6.45, 7) is 2.17. The van der Waals surface area contributed by atoms with Gasteiger partial charge in [0.25, 0.3) is 0 Å². The number of H-pyrrole nitrogens is 1. The van der Waals surface area contributed by atoms with Crippen LogP contribution in [0.15, 0.2) is 48.5 Å². The second-order valence-electron chi connectivity index (χ2n) is 6.33. The molecule has 0 atom stereocenters. The van der Waals surface area contributed by atoms with E-state index in [9.17, 15) is 9.18 Å². The highest BCUT2D eigenvalue weighted by atomic mass is 19.1. The smallest absolute Gasteiger partial charge is 0.323 e. The number of urea groups is 1. The summed E-state index contributed by atoms with van der Waals surface area (Å²) in [6, 6.07) is 15.0. The normalized spacial score (nSPS) is 14.7. The van der Waals surface area contributed by atoms with Gasteiger partial charge < -0.3 is 9.80 Å². The van der Waals surface area contributed by atoms with E-state index in [1.807, 2.05) is 42.5 Å². The molecule has 6 nitrogen and oxygen atoms in total. The van der Waals surface area contributed by atoms with Crippen LogP contribution in [0.2, 0.25) is 0 Å². The Morgan fingerprint density at radius 1 is 1.12 bits per heavy atom. The van der Waals surface area contributed by atoms with Crippen LogP contribution in [0.4, 0.5) is 20.7 Å². The Balaban J connectivity index is 1.39. The van der Waals surface area contributed by atoms with Gasteiger partial charge in [0.15, 0.2) is 5.82 Å². The summed E-state index contributed by atoms with van der Waals surface area (Å²) < 4.78 is 12.8. The van der Waals surface area contributed by atoms with E-state index in [-0.39, 0.29) is 6.03 Å². The number of carbonyl (C=O) groups excluding carboxylic acids is 1. The van der Waals surface area contributed by atoms with Crippen LogP contribution in [-0.4, -0.2) is 47.3 Å². The first-order valence-electron chi connectivity index (χ1n) is 8.63. The van der Waals surface area contributed by atoms with Gasteiger partial charge in [0.1, 0.15) is 6.67 Å². The largest absolute Gasteiger partial charge is 0.368 e. The third-order valence-corrected chi connectivity index (χ3v) is 4.69. The first-order valence-corrected chi connectivity index (χ1v) is 8.63. The van der Waals surface area contributed by atoms with E-state index in [2.05, 4.69) is 20.4 Å². The van der Waals surface area contributed by atoms with Crippen LogP contribution in [0.5, 0.6) is 0 Å². The maximum Gasteiger partial charge on any atom is 0.323 e. The van der Waals surface area contributed by atoms with Gasteiger partial charge >= 0.3 is 6.03 Å². The second-order valence-corrected chi connectivity index (χ2v) is 6.33. The highest BCUT2D eigenvalue weighted by Gasteiger charge is 2.22. The number of carbonyl (C=O) groups is 1. The van der Waals surface area contributed by atoms with Crippen molar-refractivity contribution < 1.29 is 9.18 Å². The van der Waals surface area contributed by atoms with Gasteiger partial charge in [0.05, 0.1) is 5.52 Å². The van der Waals surface area contributed by atoms with Gasteiger partial charge in [-0.15, -0.1) is 0 Å². The number of piperazine rings is 1. The highest BCUT2D eigenvalue weighted by molar-refractivity contribution is 5.98. The summed E-state index contributed by atoms with van der Waals surface area (Å²) in [7, 11) is 0. The zero-order valence-electron chi connectivity index (χ0n) is 14.3. The molecule has 0 bridgehead atoms. The number of alkyl halides is 1. The van der Waals surface area contributed by atoms with Crippen LogP contribution in [0, 0.1) is 0 Å². The number of halogens is 1. The van der Waals surface area contributed by atoms with E-state index in [0.717, 1.165) is 16.6 Å². The highest BCUT2D eigenvalue weighted by Crippen LogP contribution is 2.21. The number of anilines is 2. The fourth-order valence-electron chi connectivity index (χ4n) is 3.24. The maximum absolute atomic E-state index is 12.8. The third kappa shape index (κ3) is 3.20. The number of aromatic amines is 1. The van der Waals surface area contributed by atoms with Crippen LogP contribution < -0.4 is 10.2 Å². The third-order valence-electron chi connectivity index (χ3n) is 4.69. The summed E-state index contributed by atoms with van der Waals surface area (Å²) >= 11 is 0. The number of aromatic nitrogens is 2. The van der Waals surface area contributed by atoms with Crippen LogP contribution in [0.1, 0.15) is 5.56 Å². The maximum atomic E-state index is 12.8. The summed E-state index contributed by atoms with van der Waals surface area (Å²) in [5, 5.41) is 10.9.